The maximum absolute atomic E-state index is 11.6. The van der Waals surface area contributed by atoms with Crippen molar-refractivity contribution in [2.45, 2.75) is 13.3 Å². The summed E-state index contributed by atoms with van der Waals surface area (Å²) in [7, 11) is 0. The summed E-state index contributed by atoms with van der Waals surface area (Å²) in [4.78, 5) is 11.6. The van der Waals surface area contributed by atoms with Gasteiger partial charge in [0.05, 0.1) is 29.8 Å². The highest BCUT2D eigenvalue weighted by molar-refractivity contribution is 5.91. The molecule has 0 atom stereocenters. The molecule has 0 fully saturated rings. The Morgan fingerprint density at radius 1 is 1.40 bits per heavy atom. The maximum atomic E-state index is 11.6. The highest BCUT2D eigenvalue weighted by atomic mass is 16.5. The Labute approximate surface area is 117 Å². The largest absolute Gasteiger partial charge is 0.469 e. The molecule has 1 aromatic carbocycles. The molecular formula is C15H18N2O3. The lowest BCUT2D eigenvalue weighted by Gasteiger charge is -2.10. The molecule has 3 N–H and O–H groups in total. The van der Waals surface area contributed by atoms with E-state index in [2.05, 4.69) is 5.32 Å². The van der Waals surface area contributed by atoms with Gasteiger partial charge in [0.1, 0.15) is 5.76 Å². The molecule has 0 saturated heterocycles. The fraction of sp³-hybridized carbons (Fsp3) is 0.267. The zero-order valence-electron chi connectivity index (χ0n) is 11.4. The van der Waals surface area contributed by atoms with Crippen LogP contribution in [0, 0.1) is 0 Å². The molecule has 1 aromatic heterocycles. The number of furan rings is 1. The Kier molecular flexibility index (Phi) is 4.65. The molecule has 0 aliphatic carbocycles. The molecule has 5 heteroatoms. The van der Waals surface area contributed by atoms with E-state index >= 15 is 0 Å². The van der Waals surface area contributed by atoms with E-state index < -0.39 is 0 Å². The van der Waals surface area contributed by atoms with Crippen molar-refractivity contribution in [2.24, 2.45) is 0 Å². The van der Waals surface area contributed by atoms with E-state index in [1.54, 1.807) is 31.4 Å². The van der Waals surface area contributed by atoms with Crippen LogP contribution >= 0.6 is 0 Å². The van der Waals surface area contributed by atoms with Crippen molar-refractivity contribution in [1.82, 2.24) is 0 Å². The van der Waals surface area contributed by atoms with Crippen molar-refractivity contribution in [3.05, 3.63) is 47.9 Å². The number of esters is 1. The summed E-state index contributed by atoms with van der Waals surface area (Å²) in [6.45, 7) is 2.82. The smallest absolute Gasteiger partial charge is 0.338 e. The summed E-state index contributed by atoms with van der Waals surface area (Å²) in [6, 6.07) is 8.88. The van der Waals surface area contributed by atoms with Crippen LogP contribution in [0.1, 0.15) is 23.0 Å². The number of hydrogen-bond acceptors (Lipinski definition) is 5. The minimum absolute atomic E-state index is 0.349. The van der Waals surface area contributed by atoms with Crippen LogP contribution in [-0.2, 0) is 11.2 Å². The van der Waals surface area contributed by atoms with Crippen LogP contribution in [-0.4, -0.2) is 19.1 Å². The highest BCUT2D eigenvalue weighted by Gasteiger charge is 2.08. The third-order valence-electron chi connectivity index (χ3n) is 2.83. The second kappa shape index (κ2) is 6.65. The SMILES string of the molecule is CCOC(=O)c1ccc(NCCc2ccco2)c(N)c1. The number of benzene rings is 1. The fourth-order valence-corrected chi connectivity index (χ4v) is 1.84. The van der Waals surface area contributed by atoms with Crippen molar-refractivity contribution in [3.8, 4) is 0 Å². The monoisotopic (exact) mass is 274 g/mol. The number of nitrogens with two attached hydrogens (primary N) is 1. The van der Waals surface area contributed by atoms with Gasteiger partial charge in [-0.15, -0.1) is 0 Å². The van der Waals surface area contributed by atoms with Gasteiger partial charge < -0.3 is 20.2 Å². The van der Waals surface area contributed by atoms with E-state index in [-0.39, 0.29) is 5.97 Å². The molecule has 20 heavy (non-hydrogen) atoms. The maximum Gasteiger partial charge on any atom is 0.338 e. The van der Waals surface area contributed by atoms with Crippen LogP contribution in [0.3, 0.4) is 0 Å². The van der Waals surface area contributed by atoms with Gasteiger partial charge >= 0.3 is 5.97 Å². The van der Waals surface area contributed by atoms with E-state index in [0.717, 1.165) is 17.9 Å². The highest BCUT2D eigenvalue weighted by Crippen LogP contribution is 2.20. The molecular weight excluding hydrogens is 256 g/mol. The first-order valence-electron chi connectivity index (χ1n) is 6.53. The molecule has 0 aliphatic rings. The van der Waals surface area contributed by atoms with Crippen LogP contribution in [0.15, 0.2) is 41.0 Å². The predicted octanol–water partition coefficient (Wildman–Crippen LogP) is 2.69. The first kappa shape index (κ1) is 14.0. The number of rotatable bonds is 6. The topological polar surface area (TPSA) is 77.5 Å². The summed E-state index contributed by atoms with van der Waals surface area (Å²) in [5, 5.41) is 3.21. The van der Waals surface area contributed by atoms with Crippen LogP contribution in [0.2, 0.25) is 0 Å². The Hall–Kier alpha value is -2.43. The summed E-state index contributed by atoms with van der Waals surface area (Å²) in [5.74, 6) is 0.556. The molecule has 0 aliphatic heterocycles. The number of ether oxygens (including phenoxy) is 1. The molecule has 0 spiro atoms. The first-order valence-corrected chi connectivity index (χ1v) is 6.53. The fourth-order valence-electron chi connectivity index (χ4n) is 1.84. The Bertz CT molecular complexity index is 565. The Morgan fingerprint density at radius 3 is 2.90 bits per heavy atom. The standard InChI is InChI=1S/C15H18N2O3/c1-2-19-15(18)11-5-6-14(13(16)10-11)17-8-7-12-4-3-9-20-12/h3-6,9-10,17H,2,7-8,16H2,1H3. The first-order chi connectivity index (χ1) is 9.70. The molecule has 0 unspecified atom stereocenters. The molecule has 0 bridgehead atoms. The molecule has 2 rings (SSSR count). The number of carbonyl (C=O) groups excluding carboxylic acids is 1. The van der Waals surface area contributed by atoms with Crippen molar-refractivity contribution >= 4 is 17.3 Å². The van der Waals surface area contributed by atoms with Crippen molar-refractivity contribution in [2.75, 3.05) is 24.2 Å². The van der Waals surface area contributed by atoms with Gasteiger partial charge in [-0.3, -0.25) is 0 Å². The lowest BCUT2D eigenvalue weighted by atomic mass is 10.1. The lowest BCUT2D eigenvalue weighted by Crippen LogP contribution is -2.09. The van der Waals surface area contributed by atoms with Gasteiger partial charge in [0, 0.05) is 13.0 Å². The summed E-state index contributed by atoms with van der Waals surface area (Å²) >= 11 is 0. The third-order valence-corrected chi connectivity index (χ3v) is 2.83. The van der Waals surface area contributed by atoms with Crippen molar-refractivity contribution in [1.29, 1.82) is 0 Å². The molecule has 106 valence electrons. The van der Waals surface area contributed by atoms with Gasteiger partial charge in [-0.25, -0.2) is 4.79 Å². The molecule has 2 aromatic rings. The summed E-state index contributed by atoms with van der Waals surface area (Å²) in [6.07, 6.45) is 2.42. The lowest BCUT2D eigenvalue weighted by molar-refractivity contribution is 0.0526. The van der Waals surface area contributed by atoms with Gasteiger partial charge in [0.15, 0.2) is 0 Å². The number of anilines is 2. The number of nitrogen functional groups attached to an aromatic ring is 1. The minimum atomic E-state index is -0.360. The van der Waals surface area contributed by atoms with E-state index in [4.69, 9.17) is 14.9 Å². The van der Waals surface area contributed by atoms with E-state index in [1.165, 1.54) is 0 Å². The average Bonchev–Trinajstić information content (AvgIpc) is 2.94. The van der Waals surface area contributed by atoms with Crippen LogP contribution in [0.5, 0.6) is 0 Å². The Balaban J connectivity index is 1.93. The summed E-state index contributed by atoms with van der Waals surface area (Å²) < 4.78 is 10.2. The van der Waals surface area contributed by atoms with Crippen LogP contribution < -0.4 is 11.1 Å². The molecule has 0 radical (unpaired) electrons. The molecule has 0 amide bonds. The zero-order valence-corrected chi connectivity index (χ0v) is 11.4. The summed E-state index contributed by atoms with van der Waals surface area (Å²) in [5.41, 5.74) is 7.70. The van der Waals surface area contributed by atoms with Crippen LogP contribution in [0.4, 0.5) is 11.4 Å². The molecule has 5 nitrogen and oxygen atoms in total. The average molecular weight is 274 g/mol. The zero-order chi connectivity index (χ0) is 14.4. The van der Waals surface area contributed by atoms with Gasteiger partial charge in [0.25, 0.3) is 0 Å². The number of hydrogen-bond donors (Lipinski definition) is 2. The van der Waals surface area contributed by atoms with E-state index in [1.807, 2.05) is 12.1 Å². The van der Waals surface area contributed by atoms with Gasteiger partial charge in [-0.2, -0.15) is 0 Å². The quantitative estimate of drug-likeness (QED) is 0.625. The predicted molar refractivity (Wildman–Crippen MR) is 77.7 cm³/mol. The van der Waals surface area contributed by atoms with Crippen molar-refractivity contribution < 1.29 is 13.9 Å². The second-order valence-corrected chi connectivity index (χ2v) is 4.28. The van der Waals surface area contributed by atoms with Gasteiger partial charge in [-0.1, -0.05) is 0 Å². The number of nitrogens with one attached hydrogen (secondary N) is 1. The molecule has 0 saturated carbocycles. The van der Waals surface area contributed by atoms with E-state index in [9.17, 15) is 4.79 Å². The van der Waals surface area contributed by atoms with Gasteiger partial charge in [-0.05, 0) is 37.3 Å². The van der Waals surface area contributed by atoms with Gasteiger partial charge in [0.2, 0.25) is 0 Å². The van der Waals surface area contributed by atoms with E-state index in [0.29, 0.717) is 24.4 Å². The second-order valence-electron chi connectivity index (χ2n) is 4.28. The van der Waals surface area contributed by atoms with Crippen molar-refractivity contribution in [3.63, 3.8) is 0 Å². The Morgan fingerprint density at radius 2 is 2.25 bits per heavy atom. The minimum Gasteiger partial charge on any atom is -0.469 e. The number of carbonyl (C=O) groups is 1. The molecule has 1 heterocycles. The third kappa shape index (κ3) is 3.54. The normalized spacial score (nSPS) is 10.2. The van der Waals surface area contributed by atoms with Crippen LogP contribution in [0.25, 0.3) is 0 Å².